The fourth-order valence-electron chi connectivity index (χ4n) is 3.46. The molecule has 1 aromatic rings. The number of piperidine rings is 1. The maximum absolute atomic E-state index is 12.5. The van der Waals surface area contributed by atoms with Crippen LogP contribution in [-0.4, -0.2) is 37.0 Å². The maximum Gasteiger partial charge on any atom is 0.252 e. The molecule has 2 aliphatic rings. The number of hydrogen-bond donors (Lipinski definition) is 1. The summed E-state index contributed by atoms with van der Waals surface area (Å²) in [6.45, 7) is 1.06. The molecule has 1 saturated heterocycles. The summed E-state index contributed by atoms with van der Waals surface area (Å²) in [4.78, 5) is 0. The minimum Gasteiger partial charge on any atom is -0.392 e. The van der Waals surface area contributed by atoms with Crippen LogP contribution in [0.3, 0.4) is 0 Å². The molecule has 0 radical (unpaired) electrons. The van der Waals surface area contributed by atoms with Crippen molar-refractivity contribution in [1.82, 2.24) is 4.31 Å². The zero-order valence-electron chi connectivity index (χ0n) is 10.8. The number of aliphatic hydroxyl groups excluding tert-OH is 1. The standard InChI is InChI=1S/C13H19NO3S2/c15-11-4-1-6-13(11)7-3-8-14(10-13)19(16,17)12-5-2-9-18-12/h2,5,9,11,15H,1,3-4,6-8,10H2/t11-,13-/m1/s1. The zero-order valence-corrected chi connectivity index (χ0v) is 12.4. The minimum absolute atomic E-state index is 0.192. The summed E-state index contributed by atoms with van der Waals surface area (Å²) in [5, 5.41) is 12.0. The van der Waals surface area contributed by atoms with E-state index in [0.29, 0.717) is 17.3 Å². The van der Waals surface area contributed by atoms with E-state index in [1.165, 1.54) is 11.3 Å². The molecule has 0 unspecified atom stereocenters. The smallest absolute Gasteiger partial charge is 0.252 e. The van der Waals surface area contributed by atoms with Crippen molar-refractivity contribution >= 4 is 21.4 Å². The number of hydrogen-bond acceptors (Lipinski definition) is 4. The Morgan fingerprint density at radius 3 is 2.79 bits per heavy atom. The van der Waals surface area contributed by atoms with Crippen molar-refractivity contribution in [3.8, 4) is 0 Å². The Morgan fingerprint density at radius 2 is 2.16 bits per heavy atom. The Labute approximate surface area is 118 Å². The van der Waals surface area contributed by atoms with Gasteiger partial charge in [-0.1, -0.05) is 12.5 Å². The maximum atomic E-state index is 12.5. The highest BCUT2D eigenvalue weighted by molar-refractivity contribution is 7.91. The van der Waals surface area contributed by atoms with Gasteiger partial charge in [0, 0.05) is 18.5 Å². The van der Waals surface area contributed by atoms with E-state index < -0.39 is 10.0 Å². The molecule has 106 valence electrons. The first-order valence-electron chi connectivity index (χ1n) is 6.76. The van der Waals surface area contributed by atoms with Crippen molar-refractivity contribution in [1.29, 1.82) is 0 Å². The highest BCUT2D eigenvalue weighted by Crippen LogP contribution is 2.46. The Balaban J connectivity index is 1.86. The van der Waals surface area contributed by atoms with Crippen molar-refractivity contribution < 1.29 is 13.5 Å². The fraction of sp³-hybridized carbons (Fsp3) is 0.692. The summed E-state index contributed by atoms with van der Waals surface area (Å²) in [5.41, 5.74) is -0.192. The second-order valence-corrected chi connectivity index (χ2v) is 8.76. The first-order chi connectivity index (χ1) is 9.05. The highest BCUT2D eigenvalue weighted by atomic mass is 32.2. The van der Waals surface area contributed by atoms with Gasteiger partial charge in [-0.15, -0.1) is 11.3 Å². The van der Waals surface area contributed by atoms with E-state index in [0.717, 1.165) is 32.1 Å². The Kier molecular flexibility index (Phi) is 3.45. The lowest BCUT2D eigenvalue weighted by Crippen LogP contribution is -2.49. The monoisotopic (exact) mass is 301 g/mol. The van der Waals surface area contributed by atoms with Gasteiger partial charge in [-0.25, -0.2) is 8.42 Å². The van der Waals surface area contributed by atoms with Crippen LogP contribution in [0.25, 0.3) is 0 Å². The lowest BCUT2D eigenvalue weighted by Gasteiger charge is -2.41. The van der Waals surface area contributed by atoms with Gasteiger partial charge in [-0.2, -0.15) is 4.31 Å². The Bertz CT molecular complexity index is 540. The predicted octanol–water partition coefficient (Wildman–Crippen LogP) is 2.06. The molecule has 0 bridgehead atoms. The molecule has 0 aromatic carbocycles. The van der Waals surface area contributed by atoms with Gasteiger partial charge in [0.2, 0.25) is 0 Å². The van der Waals surface area contributed by atoms with Crippen LogP contribution in [-0.2, 0) is 10.0 Å². The lowest BCUT2D eigenvalue weighted by molar-refractivity contribution is 0.0127. The SMILES string of the molecule is O=S(=O)(c1cccs1)N1CCC[C@]2(CCC[C@H]2O)C1. The van der Waals surface area contributed by atoms with Crippen molar-refractivity contribution in [2.45, 2.75) is 42.4 Å². The summed E-state index contributed by atoms with van der Waals surface area (Å²) in [6.07, 6.45) is 4.23. The van der Waals surface area contributed by atoms with Gasteiger partial charge in [0.25, 0.3) is 10.0 Å². The molecule has 1 spiro atoms. The van der Waals surface area contributed by atoms with E-state index in [2.05, 4.69) is 0 Å². The summed E-state index contributed by atoms with van der Waals surface area (Å²) >= 11 is 1.26. The van der Waals surface area contributed by atoms with E-state index in [1.54, 1.807) is 21.8 Å². The zero-order chi connectivity index (χ0) is 13.5. The van der Waals surface area contributed by atoms with Crippen LogP contribution >= 0.6 is 11.3 Å². The second-order valence-electron chi connectivity index (χ2n) is 5.64. The molecule has 1 N–H and O–H groups in total. The van der Waals surface area contributed by atoms with Crippen molar-refractivity contribution in [3.63, 3.8) is 0 Å². The van der Waals surface area contributed by atoms with Gasteiger partial charge < -0.3 is 5.11 Å². The lowest BCUT2D eigenvalue weighted by atomic mass is 9.77. The predicted molar refractivity (Wildman–Crippen MR) is 74.6 cm³/mol. The van der Waals surface area contributed by atoms with Crippen LogP contribution in [0, 0.1) is 5.41 Å². The molecule has 1 aromatic heterocycles. The van der Waals surface area contributed by atoms with Gasteiger partial charge in [0.1, 0.15) is 4.21 Å². The van der Waals surface area contributed by atoms with Crippen molar-refractivity contribution in [3.05, 3.63) is 17.5 Å². The largest absolute Gasteiger partial charge is 0.392 e. The molecule has 1 saturated carbocycles. The summed E-state index contributed by atoms with van der Waals surface area (Å²) in [6, 6.07) is 3.42. The number of sulfonamides is 1. The van der Waals surface area contributed by atoms with Gasteiger partial charge >= 0.3 is 0 Å². The van der Waals surface area contributed by atoms with Crippen LogP contribution in [0.1, 0.15) is 32.1 Å². The fourth-order valence-corrected chi connectivity index (χ4v) is 6.18. The van der Waals surface area contributed by atoms with Gasteiger partial charge in [0.05, 0.1) is 6.10 Å². The van der Waals surface area contributed by atoms with E-state index in [-0.39, 0.29) is 11.5 Å². The van der Waals surface area contributed by atoms with Crippen LogP contribution in [0.5, 0.6) is 0 Å². The number of rotatable bonds is 2. The molecule has 19 heavy (non-hydrogen) atoms. The Morgan fingerprint density at radius 1 is 1.37 bits per heavy atom. The topological polar surface area (TPSA) is 57.6 Å². The third kappa shape index (κ3) is 2.24. The molecule has 1 aliphatic carbocycles. The molecule has 3 rings (SSSR count). The van der Waals surface area contributed by atoms with Crippen LogP contribution in [0.2, 0.25) is 0 Å². The minimum atomic E-state index is -3.36. The average Bonchev–Trinajstić information content (AvgIpc) is 3.02. The third-order valence-electron chi connectivity index (χ3n) is 4.52. The van der Waals surface area contributed by atoms with Crippen LogP contribution in [0.15, 0.2) is 21.7 Å². The van der Waals surface area contributed by atoms with Crippen molar-refractivity contribution in [2.75, 3.05) is 13.1 Å². The normalized spacial score (nSPS) is 33.0. The highest BCUT2D eigenvalue weighted by Gasteiger charge is 2.47. The van der Waals surface area contributed by atoms with E-state index in [1.807, 2.05) is 0 Å². The first-order valence-corrected chi connectivity index (χ1v) is 9.08. The Hall–Kier alpha value is -0.430. The van der Waals surface area contributed by atoms with E-state index in [9.17, 15) is 13.5 Å². The molecule has 4 nitrogen and oxygen atoms in total. The summed E-state index contributed by atoms with van der Waals surface area (Å²) < 4.78 is 27.1. The molecular weight excluding hydrogens is 282 g/mol. The second kappa shape index (κ2) is 4.84. The molecule has 2 fully saturated rings. The summed E-state index contributed by atoms with van der Waals surface area (Å²) in [7, 11) is -3.36. The summed E-state index contributed by atoms with van der Waals surface area (Å²) in [5.74, 6) is 0. The number of thiophene rings is 1. The molecular formula is C13H19NO3S2. The first kappa shape index (κ1) is 13.5. The number of aliphatic hydroxyl groups is 1. The number of nitrogens with zero attached hydrogens (tertiary/aromatic N) is 1. The quantitative estimate of drug-likeness (QED) is 0.909. The van der Waals surface area contributed by atoms with E-state index in [4.69, 9.17) is 0 Å². The van der Waals surface area contributed by atoms with Crippen LogP contribution < -0.4 is 0 Å². The average molecular weight is 301 g/mol. The molecule has 2 heterocycles. The molecule has 0 amide bonds. The molecule has 2 atom stereocenters. The third-order valence-corrected chi connectivity index (χ3v) is 7.74. The van der Waals surface area contributed by atoms with Crippen molar-refractivity contribution in [2.24, 2.45) is 5.41 Å². The van der Waals surface area contributed by atoms with Crippen LogP contribution in [0.4, 0.5) is 0 Å². The van der Waals surface area contributed by atoms with Gasteiger partial charge in [-0.3, -0.25) is 0 Å². The van der Waals surface area contributed by atoms with Gasteiger partial charge in [0.15, 0.2) is 0 Å². The molecule has 1 aliphatic heterocycles. The van der Waals surface area contributed by atoms with Gasteiger partial charge in [-0.05, 0) is 37.1 Å². The van der Waals surface area contributed by atoms with E-state index >= 15 is 0 Å². The molecule has 6 heteroatoms.